The number of nitrogens with one attached hydrogen (secondary N) is 3. The summed E-state index contributed by atoms with van der Waals surface area (Å²) in [5.74, 6) is 1.88. The van der Waals surface area contributed by atoms with E-state index >= 15 is 0 Å². The van der Waals surface area contributed by atoms with Gasteiger partial charge < -0.3 is 40.3 Å². The number of hydrogen-bond acceptors (Lipinski definition) is 12. The maximum absolute atomic E-state index is 13.2. The second-order valence-electron chi connectivity index (χ2n) is 13.6. The molecule has 8 rings (SSSR count). The minimum atomic E-state index is -0.745. The molecule has 2 aromatic carbocycles. The summed E-state index contributed by atoms with van der Waals surface area (Å²) in [7, 11) is 6.04. The van der Waals surface area contributed by atoms with Gasteiger partial charge in [-0.05, 0) is 36.8 Å². The Morgan fingerprint density at radius 1 is 0.703 bits per heavy atom. The molecule has 16 nitrogen and oxygen atoms in total. The maximum Gasteiger partial charge on any atom is 0.404 e. The Bertz CT molecular complexity index is 2110. The molecule has 0 spiro atoms. The number of methoxy groups -OCH3 is 2. The molecular formula is C46H62N10O6S2. The fraction of sp³-hybridized carbons (Fsp3) is 0.391. The fourth-order valence-corrected chi connectivity index (χ4v) is 8.50. The fourth-order valence-electron chi connectivity index (χ4n) is 6.70. The molecule has 5 N–H and O–H groups in total. The second-order valence-corrected chi connectivity index (χ2v) is 15.6. The molecule has 0 unspecified atom stereocenters. The number of rotatable bonds is 10. The first kappa shape index (κ1) is 52.1. The van der Waals surface area contributed by atoms with Crippen LogP contribution in [0.3, 0.4) is 0 Å². The lowest BCUT2D eigenvalue weighted by atomic mass is 10.1. The molecule has 18 heteroatoms. The Morgan fingerprint density at radius 2 is 1.06 bits per heavy atom. The van der Waals surface area contributed by atoms with Gasteiger partial charge in [-0.2, -0.15) is 0 Å². The molecule has 0 saturated carbocycles. The van der Waals surface area contributed by atoms with E-state index in [0.717, 1.165) is 92.7 Å². The van der Waals surface area contributed by atoms with Crippen molar-refractivity contribution in [1.82, 2.24) is 45.0 Å². The van der Waals surface area contributed by atoms with Crippen LogP contribution in [0.5, 0.6) is 0 Å². The van der Waals surface area contributed by atoms with Crippen molar-refractivity contribution >= 4 is 47.0 Å². The summed E-state index contributed by atoms with van der Waals surface area (Å²) in [6.45, 7) is 9.49. The van der Waals surface area contributed by atoms with Gasteiger partial charge in [0, 0.05) is 46.8 Å². The lowest BCUT2D eigenvalue weighted by Gasteiger charge is -2.23. The number of aromatic amines is 2. The smallest absolute Gasteiger partial charge is 0.404 e. The first-order chi connectivity index (χ1) is 31.2. The number of nitrogens with two attached hydrogens (primary N) is 1. The van der Waals surface area contributed by atoms with Gasteiger partial charge in [-0.3, -0.25) is 14.4 Å². The molecule has 4 aromatic heterocycles. The second kappa shape index (κ2) is 28.4. The van der Waals surface area contributed by atoms with Gasteiger partial charge in [0.25, 0.3) is 0 Å². The van der Waals surface area contributed by atoms with Gasteiger partial charge in [0.1, 0.15) is 11.6 Å². The van der Waals surface area contributed by atoms with Crippen LogP contribution in [0.15, 0.2) is 85.5 Å². The quantitative estimate of drug-likeness (QED) is 0.0966. The maximum atomic E-state index is 13.2. The van der Waals surface area contributed by atoms with Crippen LogP contribution in [0.1, 0.15) is 88.2 Å². The summed E-state index contributed by atoms with van der Waals surface area (Å²) < 4.78 is 8.14. The number of hydrogen-bond donors (Lipinski definition) is 4. The molecule has 0 radical (unpaired) electrons. The van der Waals surface area contributed by atoms with Crippen LogP contribution in [-0.4, -0.2) is 105 Å². The molecule has 6 aromatic rings. The number of benzene rings is 2. The summed E-state index contributed by atoms with van der Waals surface area (Å²) in [6, 6.07) is 19.7. The zero-order chi connectivity index (χ0) is 46.9. The molecule has 6 heterocycles. The molecule has 0 bridgehead atoms. The number of likely N-dealkylation sites (tertiary alicyclic amines) is 2. The highest BCUT2D eigenvalue weighted by atomic mass is 32.1. The van der Waals surface area contributed by atoms with Crippen molar-refractivity contribution in [1.29, 1.82) is 0 Å². The van der Waals surface area contributed by atoms with Gasteiger partial charge in [0.15, 0.2) is 10.0 Å². The average Bonchev–Trinajstić information content (AvgIpc) is 4.18. The third-order valence-electron chi connectivity index (χ3n) is 9.41. The SMILES string of the molecule is CC.CC.CNC=O.COC.COC(N)=O.O=C(Cc1ccccc1)N1CCC[C@H]1c1ncc(-c2cnc(-c3ncc(-c4cnc([C@@H]5CCCN5C(=O)Cc5ccccc5)[nH]4)s3)s2)[nH]1. The largest absolute Gasteiger partial charge is 0.453 e. The topological polar surface area (TPSA) is 214 Å². The van der Waals surface area contributed by atoms with Crippen molar-refractivity contribution in [2.45, 2.75) is 78.3 Å². The number of carbonyl (C=O) groups is 4. The van der Waals surface area contributed by atoms with Crippen molar-refractivity contribution < 1.29 is 28.7 Å². The van der Waals surface area contributed by atoms with E-state index in [4.69, 9.17) is 14.8 Å². The summed E-state index contributed by atoms with van der Waals surface area (Å²) in [6.07, 6.45) is 11.7. The molecule has 2 fully saturated rings. The Labute approximate surface area is 384 Å². The number of carbonyl (C=O) groups excluding carboxylic acids is 4. The van der Waals surface area contributed by atoms with E-state index in [-0.39, 0.29) is 23.9 Å². The van der Waals surface area contributed by atoms with E-state index < -0.39 is 6.09 Å². The molecule has 64 heavy (non-hydrogen) atoms. The number of nitrogens with zero attached hydrogens (tertiary/aromatic N) is 6. The highest BCUT2D eigenvalue weighted by Crippen LogP contribution is 2.38. The van der Waals surface area contributed by atoms with Crippen molar-refractivity contribution in [3.05, 3.63) is 108 Å². The van der Waals surface area contributed by atoms with Gasteiger partial charge >= 0.3 is 6.09 Å². The highest BCUT2D eigenvalue weighted by Gasteiger charge is 2.33. The first-order valence-corrected chi connectivity index (χ1v) is 22.9. The van der Waals surface area contributed by atoms with Crippen LogP contribution in [-0.2, 0) is 36.7 Å². The number of ether oxygens (including phenoxy) is 2. The summed E-state index contributed by atoms with van der Waals surface area (Å²) in [5.41, 5.74) is 8.24. The molecule has 0 aliphatic carbocycles. The normalized spacial score (nSPS) is 14.6. The van der Waals surface area contributed by atoms with Crippen LogP contribution in [0.25, 0.3) is 31.2 Å². The molecule has 344 valence electrons. The monoisotopic (exact) mass is 914 g/mol. The van der Waals surface area contributed by atoms with Gasteiger partial charge in [0.05, 0.1) is 65.6 Å². The number of amides is 4. The minimum absolute atomic E-state index is 0.0542. The summed E-state index contributed by atoms with van der Waals surface area (Å²) in [5, 5.41) is 3.90. The lowest BCUT2D eigenvalue weighted by molar-refractivity contribution is -0.132. The number of aromatic nitrogens is 6. The van der Waals surface area contributed by atoms with Crippen molar-refractivity contribution in [3.63, 3.8) is 0 Å². The average molecular weight is 915 g/mol. The van der Waals surface area contributed by atoms with Crippen molar-refractivity contribution in [2.75, 3.05) is 41.5 Å². The molecule has 2 aliphatic rings. The van der Waals surface area contributed by atoms with E-state index in [1.54, 1.807) is 43.9 Å². The molecule has 2 atom stereocenters. The van der Waals surface area contributed by atoms with E-state index in [0.29, 0.717) is 19.3 Å². The molecule has 2 aliphatic heterocycles. The Morgan fingerprint density at radius 3 is 1.39 bits per heavy atom. The van der Waals surface area contributed by atoms with Crippen LogP contribution in [0.4, 0.5) is 4.79 Å². The zero-order valence-electron chi connectivity index (χ0n) is 38.0. The summed E-state index contributed by atoms with van der Waals surface area (Å²) >= 11 is 3.11. The predicted octanol–water partition coefficient (Wildman–Crippen LogP) is 8.25. The van der Waals surface area contributed by atoms with Crippen LogP contribution in [0, 0.1) is 0 Å². The highest BCUT2D eigenvalue weighted by molar-refractivity contribution is 7.24. The lowest BCUT2D eigenvalue weighted by Crippen LogP contribution is -2.32. The third-order valence-corrected chi connectivity index (χ3v) is 11.6. The summed E-state index contributed by atoms with van der Waals surface area (Å²) in [4.78, 5) is 76.3. The van der Waals surface area contributed by atoms with Crippen molar-refractivity contribution in [3.8, 4) is 31.2 Å². The van der Waals surface area contributed by atoms with E-state index in [1.165, 1.54) is 7.11 Å². The van der Waals surface area contributed by atoms with Crippen LogP contribution in [0.2, 0.25) is 0 Å². The first-order valence-electron chi connectivity index (χ1n) is 21.2. The van der Waals surface area contributed by atoms with Crippen LogP contribution < -0.4 is 11.1 Å². The number of imidazole rings is 2. The molecule has 2 saturated heterocycles. The predicted molar refractivity (Wildman–Crippen MR) is 253 cm³/mol. The third kappa shape index (κ3) is 15.2. The van der Waals surface area contributed by atoms with Gasteiger partial charge in [-0.15, -0.1) is 22.7 Å². The van der Waals surface area contributed by atoms with E-state index in [1.807, 2.05) is 123 Å². The Kier molecular flexibility index (Phi) is 23.2. The van der Waals surface area contributed by atoms with Gasteiger partial charge in [-0.25, -0.2) is 24.7 Å². The Hall–Kier alpha value is -6.24. The van der Waals surface area contributed by atoms with Gasteiger partial charge in [-0.1, -0.05) is 88.4 Å². The molecular weight excluding hydrogens is 853 g/mol. The number of thiazole rings is 2. The minimum Gasteiger partial charge on any atom is -0.453 e. The van der Waals surface area contributed by atoms with E-state index in [2.05, 4.69) is 40.5 Å². The van der Waals surface area contributed by atoms with E-state index in [9.17, 15) is 14.4 Å². The zero-order valence-corrected chi connectivity index (χ0v) is 39.6. The van der Waals surface area contributed by atoms with Crippen molar-refractivity contribution in [2.24, 2.45) is 5.73 Å². The number of primary amides is 1. The van der Waals surface area contributed by atoms with Crippen LogP contribution >= 0.6 is 22.7 Å². The number of H-pyrrole nitrogens is 2. The standard InChI is InChI=1S/C36H34N8O2S2.C2H5NO2.C2H5NO.C2H6O.2C2H6/c45-31(17-23-9-3-1-4-10-23)43-15-7-13-27(43)33-37-19-25(41-33)29-21-39-35(47-29)36-40-22-30(48-36)26-20-38-34(42-26)28-14-8-16-44(28)32(46)18-24-11-5-2-6-12-24;1-5-2(3)4;1-3-2-4;1-3-2;2*1-2/h1-6,9-12,19-22,27-28H,7-8,13-18H2,(H,37,41)(H,38,42);1H3,(H2,3,4);2H,1H3,(H,3,4);1-2H3;2*1-2H3/t27-,28-;;;;;/m0...../s1. The van der Waals surface area contributed by atoms with Gasteiger partial charge in [0.2, 0.25) is 18.2 Å². The Balaban J connectivity index is 0.000000597. The molecule has 4 amide bonds.